The van der Waals surface area contributed by atoms with Crippen LogP contribution in [0.1, 0.15) is 24.8 Å². The fourth-order valence-corrected chi connectivity index (χ4v) is 2.10. The summed E-state index contributed by atoms with van der Waals surface area (Å²) in [6.07, 6.45) is 4.82. The fourth-order valence-electron chi connectivity index (χ4n) is 2.10. The van der Waals surface area contributed by atoms with Crippen molar-refractivity contribution < 1.29 is 14.6 Å². The molecule has 1 heterocycles. The molecule has 2 rings (SSSR count). The summed E-state index contributed by atoms with van der Waals surface area (Å²) in [6.45, 7) is 0. The van der Waals surface area contributed by atoms with E-state index in [1.165, 1.54) is 0 Å². The molecule has 1 N–H and O–H groups in total. The molecule has 0 aromatic carbocycles. The minimum absolute atomic E-state index is 0. The van der Waals surface area contributed by atoms with Crippen molar-refractivity contribution in [1.82, 2.24) is 4.98 Å². The van der Waals surface area contributed by atoms with Gasteiger partial charge in [-0.25, -0.2) is 4.98 Å². The van der Waals surface area contributed by atoms with E-state index >= 15 is 0 Å². The molecular formula is C12H16ClNO3. The van der Waals surface area contributed by atoms with E-state index in [1.807, 2.05) is 6.07 Å². The van der Waals surface area contributed by atoms with Gasteiger partial charge in [0.15, 0.2) is 0 Å². The van der Waals surface area contributed by atoms with Crippen LogP contribution in [0, 0.1) is 5.41 Å². The number of methoxy groups -OCH3 is 1. The first-order valence-electron chi connectivity index (χ1n) is 5.39. The predicted octanol–water partition coefficient (Wildman–Crippen LogP) is 2.31. The Morgan fingerprint density at radius 2 is 2.24 bits per heavy atom. The van der Waals surface area contributed by atoms with Gasteiger partial charge in [0.25, 0.3) is 0 Å². The van der Waals surface area contributed by atoms with Crippen LogP contribution in [0.15, 0.2) is 18.3 Å². The molecule has 0 aliphatic heterocycles. The molecular weight excluding hydrogens is 242 g/mol. The summed E-state index contributed by atoms with van der Waals surface area (Å²) in [7, 11) is 1.56. The minimum Gasteiger partial charge on any atom is -0.481 e. The van der Waals surface area contributed by atoms with Gasteiger partial charge in [-0.2, -0.15) is 0 Å². The van der Waals surface area contributed by atoms with Crippen molar-refractivity contribution in [2.75, 3.05) is 7.11 Å². The zero-order valence-corrected chi connectivity index (χ0v) is 10.5. The van der Waals surface area contributed by atoms with Crippen LogP contribution in [-0.4, -0.2) is 23.2 Å². The topological polar surface area (TPSA) is 59.4 Å². The maximum absolute atomic E-state index is 11.2. The van der Waals surface area contributed by atoms with Crippen LogP contribution in [0.25, 0.3) is 0 Å². The number of carboxylic acids is 1. The Hall–Kier alpha value is -1.29. The fraction of sp³-hybridized carbons (Fsp3) is 0.500. The lowest BCUT2D eigenvalue weighted by Gasteiger charge is -2.37. The van der Waals surface area contributed by atoms with Crippen molar-refractivity contribution in [3.8, 4) is 5.88 Å². The molecule has 1 saturated carbocycles. The van der Waals surface area contributed by atoms with Crippen molar-refractivity contribution in [2.45, 2.75) is 25.7 Å². The van der Waals surface area contributed by atoms with Gasteiger partial charge in [-0.05, 0) is 24.8 Å². The van der Waals surface area contributed by atoms with E-state index < -0.39 is 11.4 Å². The lowest BCUT2D eigenvalue weighted by atomic mass is 9.65. The molecule has 4 nitrogen and oxygen atoms in total. The van der Waals surface area contributed by atoms with Crippen LogP contribution < -0.4 is 4.74 Å². The molecule has 1 fully saturated rings. The highest BCUT2D eigenvalue weighted by atomic mass is 35.5. The first kappa shape index (κ1) is 13.8. The molecule has 0 spiro atoms. The second-order valence-electron chi connectivity index (χ2n) is 4.32. The van der Waals surface area contributed by atoms with Gasteiger partial charge in [0.2, 0.25) is 5.88 Å². The highest BCUT2D eigenvalue weighted by Crippen LogP contribution is 2.43. The molecule has 1 aliphatic carbocycles. The lowest BCUT2D eigenvalue weighted by molar-refractivity contribution is -0.154. The number of aromatic nitrogens is 1. The van der Waals surface area contributed by atoms with Crippen molar-refractivity contribution in [3.05, 3.63) is 23.9 Å². The van der Waals surface area contributed by atoms with Gasteiger partial charge in [0.05, 0.1) is 12.5 Å². The second kappa shape index (κ2) is 5.36. The smallest absolute Gasteiger partial charge is 0.309 e. The van der Waals surface area contributed by atoms with E-state index in [2.05, 4.69) is 4.98 Å². The lowest BCUT2D eigenvalue weighted by Crippen LogP contribution is -2.39. The number of hydrogen-bond acceptors (Lipinski definition) is 3. The zero-order valence-electron chi connectivity index (χ0n) is 9.68. The minimum atomic E-state index is -0.686. The van der Waals surface area contributed by atoms with Crippen molar-refractivity contribution in [2.24, 2.45) is 5.41 Å². The molecule has 1 aromatic heterocycles. The van der Waals surface area contributed by atoms with Gasteiger partial charge in [-0.15, -0.1) is 12.4 Å². The van der Waals surface area contributed by atoms with Gasteiger partial charge >= 0.3 is 5.97 Å². The van der Waals surface area contributed by atoms with E-state index in [9.17, 15) is 9.90 Å². The molecule has 94 valence electrons. The average Bonchev–Trinajstić information content (AvgIpc) is 2.24. The largest absolute Gasteiger partial charge is 0.481 e. The van der Waals surface area contributed by atoms with Gasteiger partial charge in [-0.3, -0.25) is 4.79 Å². The third-order valence-electron chi connectivity index (χ3n) is 3.31. The van der Waals surface area contributed by atoms with Crippen LogP contribution in [0.5, 0.6) is 5.88 Å². The van der Waals surface area contributed by atoms with Crippen LogP contribution >= 0.6 is 12.4 Å². The number of halogens is 1. The standard InChI is InChI=1S/C12H15NO3.ClH/c1-16-10-4-3-9(8-13-10)7-12(11(14)15)5-2-6-12;/h3-4,8H,2,5-7H2,1H3,(H,14,15);1H. The van der Waals surface area contributed by atoms with Crippen LogP contribution in [0.4, 0.5) is 0 Å². The third kappa shape index (κ3) is 2.69. The Kier molecular flexibility index (Phi) is 4.34. The van der Waals surface area contributed by atoms with E-state index in [0.717, 1.165) is 24.8 Å². The SMILES string of the molecule is COc1ccc(CC2(C(=O)O)CCC2)cn1.Cl. The Bertz CT molecular complexity index is 387. The summed E-state index contributed by atoms with van der Waals surface area (Å²) >= 11 is 0. The number of carbonyl (C=O) groups is 1. The van der Waals surface area contributed by atoms with Crippen molar-refractivity contribution in [3.63, 3.8) is 0 Å². The summed E-state index contributed by atoms with van der Waals surface area (Å²) in [5.41, 5.74) is 0.416. The van der Waals surface area contributed by atoms with E-state index in [4.69, 9.17) is 4.74 Å². The summed E-state index contributed by atoms with van der Waals surface area (Å²) < 4.78 is 4.96. The monoisotopic (exact) mass is 257 g/mol. The summed E-state index contributed by atoms with van der Waals surface area (Å²) in [5, 5.41) is 9.20. The number of nitrogens with zero attached hydrogens (tertiary/aromatic N) is 1. The maximum atomic E-state index is 11.2. The quantitative estimate of drug-likeness (QED) is 0.899. The Labute approximate surface area is 106 Å². The Morgan fingerprint density at radius 3 is 2.59 bits per heavy atom. The maximum Gasteiger partial charge on any atom is 0.309 e. The summed E-state index contributed by atoms with van der Waals surface area (Å²) in [5.74, 6) is -0.128. The first-order chi connectivity index (χ1) is 7.66. The number of hydrogen-bond donors (Lipinski definition) is 1. The van der Waals surface area contributed by atoms with Crippen molar-refractivity contribution in [1.29, 1.82) is 0 Å². The molecule has 0 unspecified atom stereocenters. The van der Waals surface area contributed by atoms with Crippen LogP contribution in [0.3, 0.4) is 0 Å². The van der Waals surface area contributed by atoms with Crippen molar-refractivity contribution >= 4 is 18.4 Å². The first-order valence-corrected chi connectivity index (χ1v) is 5.39. The Morgan fingerprint density at radius 1 is 1.53 bits per heavy atom. The molecule has 0 amide bonds. The van der Waals surface area contributed by atoms with E-state index in [0.29, 0.717) is 12.3 Å². The number of ether oxygens (including phenoxy) is 1. The van der Waals surface area contributed by atoms with E-state index in [-0.39, 0.29) is 12.4 Å². The molecule has 5 heteroatoms. The van der Waals surface area contributed by atoms with Gasteiger partial charge in [-0.1, -0.05) is 12.5 Å². The van der Waals surface area contributed by atoms with E-state index in [1.54, 1.807) is 19.4 Å². The molecule has 0 bridgehead atoms. The second-order valence-corrected chi connectivity index (χ2v) is 4.32. The number of carboxylic acid groups (broad SMARTS) is 1. The normalized spacial score (nSPS) is 16.5. The molecule has 1 aliphatic rings. The molecule has 17 heavy (non-hydrogen) atoms. The van der Waals surface area contributed by atoms with Gasteiger partial charge in [0, 0.05) is 12.3 Å². The van der Waals surface area contributed by atoms with Gasteiger partial charge < -0.3 is 9.84 Å². The number of pyridine rings is 1. The summed E-state index contributed by atoms with van der Waals surface area (Å²) in [6, 6.07) is 3.65. The Balaban J connectivity index is 0.00000144. The molecule has 1 aromatic rings. The molecule has 0 saturated heterocycles. The number of rotatable bonds is 4. The molecule has 0 atom stereocenters. The van der Waals surface area contributed by atoms with Crippen LogP contribution in [0.2, 0.25) is 0 Å². The third-order valence-corrected chi connectivity index (χ3v) is 3.31. The zero-order chi connectivity index (χ0) is 11.6. The predicted molar refractivity (Wildman–Crippen MR) is 65.7 cm³/mol. The highest BCUT2D eigenvalue weighted by molar-refractivity contribution is 5.85. The van der Waals surface area contributed by atoms with Crippen LogP contribution in [-0.2, 0) is 11.2 Å². The average molecular weight is 258 g/mol. The molecule has 0 radical (unpaired) electrons. The number of aliphatic carboxylic acids is 1. The van der Waals surface area contributed by atoms with Gasteiger partial charge in [0.1, 0.15) is 0 Å². The summed E-state index contributed by atoms with van der Waals surface area (Å²) in [4.78, 5) is 15.3. The highest BCUT2D eigenvalue weighted by Gasteiger charge is 2.44.